The van der Waals surface area contributed by atoms with Gasteiger partial charge in [0.1, 0.15) is 0 Å². The van der Waals surface area contributed by atoms with Gasteiger partial charge >= 0.3 is 0 Å². The molecule has 0 radical (unpaired) electrons. The van der Waals surface area contributed by atoms with Crippen molar-refractivity contribution in [2.45, 2.75) is 33.6 Å². The lowest BCUT2D eigenvalue weighted by molar-refractivity contribution is -0.111. The van der Waals surface area contributed by atoms with E-state index < -0.39 is 0 Å². The average molecular weight is 377 g/mol. The first-order valence-electron chi connectivity index (χ1n) is 9.04. The third kappa shape index (κ3) is 4.92. The van der Waals surface area contributed by atoms with E-state index >= 15 is 0 Å². The van der Waals surface area contributed by atoms with Gasteiger partial charge in [0, 0.05) is 17.0 Å². The van der Waals surface area contributed by atoms with E-state index in [-0.39, 0.29) is 5.91 Å². The lowest BCUT2D eigenvalue weighted by Gasteiger charge is -2.04. The molecule has 0 aliphatic rings. The van der Waals surface area contributed by atoms with Gasteiger partial charge in [-0.15, -0.1) is 11.3 Å². The molecule has 138 valence electrons. The van der Waals surface area contributed by atoms with Crippen LogP contribution in [0.4, 0.5) is 5.13 Å². The molecule has 1 aromatic heterocycles. The van der Waals surface area contributed by atoms with Crippen molar-refractivity contribution in [1.82, 2.24) is 4.98 Å². The molecule has 1 amide bonds. The minimum Gasteiger partial charge on any atom is -0.298 e. The smallest absolute Gasteiger partial charge is 0.250 e. The number of aryl methyl sites for hydroxylation is 2. The van der Waals surface area contributed by atoms with E-state index in [2.05, 4.69) is 68.3 Å². The van der Waals surface area contributed by atoms with Crippen LogP contribution in [-0.2, 0) is 4.79 Å². The highest BCUT2D eigenvalue weighted by Gasteiger charge is 2.09. The molecule has 4 heteroatoms. The number of nitrogens with one attached hydrogen (secondary N) is 1. The fourth-order valence-corrected chi connectivity index (χ4v) is 3.49. The molecule has 3 aromatic rings. The quantitative estimate of drug-likeness (QED) is 0.538. The number of thiazole rings is 1. The number of amides is 1. The zero-order chi connectivity index (χ0) is 19.4. The summed E-state index contributed by atoms with van der Waals surface area (Å²) in [7, 11) is 0. The Kier molecular flexibility index (Phi) is 5.87. The van der Waals surface area contributed by atoms with Crippen molar-refractivity contribution in [3.8, 4) is 11.3 Å². The number of hydrogen-bond acceptors (Lipinski definition) is 3. The van der Waals surface area contributed by atoms with Crippen molar-refractivity contribution in [1.29, 1.82) is 0 Å². The lowest BCUT2D eigenvalue weighted by Crippen LogP contribution is -2.07. The summed E-state index contributed by atoms with van der Waals surface area (Å²) in [5.74, 6) is 0.326. The first-order valence-corrected chi connectivity index (χ1v) is 9.92. The third-order valence-corrected chi connectivity index (χ3v) is 5.19. The zero-order valence-corrected chi connectivity index (χ0v) is 16.9. The molecule has 2 aromatic carbocycles. The predicted molar refractivity (Wildman–Crippen MR) is 115 cm³/mol. The molecule has 0 bridgehead atoms. The molecule has 0 aliphatic carbocycles. The van der Waals surface area contributed by atoms with Crippen molar-refractivity contribution in [2.24, 2.45) is 0 Å². The van der Waals surface area contributed by atoms with Gasteiger partial charge in [0.25, 0.3) is 0 Å². The first kappa shape index (κ1) is 19.1. The van der Waals surface area contributed by atoms with Crippen LogP contribution >= 0.6 is 11.3 Å². The highest BCUT2D eigenvalue weighted by Crippen LogP contribution is 2.28. The second-order valence-electron chi connectivity index (χ2n) is 7.00. The number of carbonyl (C=O) groups excluding carboxylic acids is 1. The van der Waals surface area contributed by atoms with Crippen molar-refractivity contribution >= 4 is 28.5 Å². The van der Waals surface area contributed by atoms with Crippen LogP contribution in [0, 0.1) is 13.8 Å². The van der Waals surface area contributed by atoms with Crippen molar-refractivity contribution < 1.29 is 4.79 Å². The van der Waals surface area contributed by atoms with Gasteiger partial charge in [-0.05, 0) is 48.6 Å². The van der Waals surface area contributed by atoms with Gasteiger partial charge in [-0.1, -0.05) is 55.8 Å². The molecule has 1 N–H and O–H groups in total. The van der Waals surface area contributed by atoms with Crippen molar-refractivity contribution in [2.75, 3.05) is 5.32 Å². The SMILES string of the molecule is Cc1ccc(C)c(-c2csc(NC(=O)/C=C/c3ccc(C(C)C)cc3)n2)c1. The van der Waals surface area contributed by atoms with E-state index in [1.807, 2.05) is 23.6 Å². The maximum absolute atomic E-state index is 12.2. The van der Waals surface area contributed by atoms with Crippen LogP contribution in [0.1, 0.15) is 42.0 Å². The van der Waals surface area contributed by atoms with Gasteiger partial charge in [-0.2, -0.15) is 0 Å². The number of hydrogen-bond donors (Lipinski definition) is 1. The van der Waals surface area contributed by atoms with E-state index in [1.165, 1.54) is 28.0 Å². The van der Waals surface area contributed by atoms with Crippen LogP contribution < -0.4 is 5.32 Å². The standard InChI is InChI=1S/C23H24N2OS/c1-15(2)19-10-7-18(8-11-19)9-12-22(26)25-23-24-21(14-27-23)20-13-16(3)5-6-17(20)4/h5-15H,1-4H3,(H,24,25,26)/b12-9+. The Labute approximate surface area is 164 Å². The number of nitrogens with zero attached hydrogens (tertiary/aromatic N) is 1. The molecule has 0 saturated heterocycles. The van der Waals surface area contributed by atoms with Crippen LogP contribution in [0.3, 0.4) is 0 Å². The molecular formula is C23H24N2OS. The summed E-state index contributed by atoms with van der Waals surface area (Å²) in [4.78, 5) is 16.8. The molecule has 0 unspecified atom stereocenters. The van der Waals surface area contributed by atoms with Gasteiger partial charge in [0.2, 0.25) is 5.91 Å². The van der Waals surface area contributed by atoms with E-state index in [0.29, 0.717) is 11.0 Å². The summed E-state index contributed by atoms with van der Waals surface area (Å²) in [6.07, 6.45) is 3.36. The second-order valence-corrected chi connectivity index (χ2v) is 7.86. The molecule has 27 heavy (non-hydrogen) atoms. The van der Waals surface area contributed by atoms with Crippen LogP contribution in [0.15, 0.2) is 53.9 Å². The lowest BCUT2D eigenvalue weighted by atomic mass is 10.0. The molecule has 0 saturated carbocycles. The maximum Gasteiger partial charge on any atom is 0.250 e. The maximum atomic E-state index is 12.2. The minimum atomic E-state index is -0.176. The Bertz CT molecular complexity index is 968. The Morgan fingerprint density at radius 1 is 1.11 bits per heavy atom. The van der Waals surface area contributed by atoms with E-state index in [1.54, 1.807) is 6.08 Å². The number of aromatic nitrogens is 1. The summed E-state index contributed by atoms with van der Waals surface area (Å²) in [6.45, 7) is 8.47. The predicted octanol–water partition coefficient (Wildman–Crippen LogP) is 6.20. The van der Waals surface area contributed by atoms with Gasteiger partial charge < -0.3 is 0 Å². The molecule has 0 atom stereocenters. The molecule has 0 fully saturated rings. The molecular weight excluding hydrogens is 352 g/mol. The fourth-order valence-electron chi connectivity index (χ4n) is 2.78. The van der Waals surface area contributed by atoms with Gasteiger partial charge in [-0.3, -0.25) is 10.1 Å². The number of carbonyl (C=O) groups is 1. The first-order chi connectivity index (χ1) is 12.9. The minimum absolute atomic E-state index is 0.176. The highest BCUT2D eigenvalue weighted by molar-refractivity contribution is 7.14. The van der Waals surface area contributed by atoms with Crippen LogP contribution in [-0.4, -0.2) is 10.9 Å². The average Bonchev–Trinajstić information content (AvgIpc) is 3.10. The fraction of sp³-hybridized carbons (Fsp3) is 0.217. The highest BCUT2D eigenvalue weighted by atomic mass is 32.1. The van der Waals surface area contributed by atoms with Gasteiger partial charge in [0.05, 0.1) is 5.69 Å². The zero-order valence-electron chi connectivity index (χ0n) is 16.1. The Morgan fingerprint density at radius 3 is 2.56 bits per heavy atom. The monoisotopic (exact) mass is 376 g/mol. The van der Waals surface area contributed by atoms with Gasteiger partial charge in [-0.25, -0.2) is 4.98 Å². The number of benzene rings is 2. The Balaban J connectivity index is 1.66. The van der Waals surface area contributed by atoms with Crippen molar-refractivity contribution in [3.63, 3.8) is 0 Å². The third-order valence-electron chi connectivity index (χ3n) is 4.43. The van der Waals surface area contributed by atoms with Crippen LogP contribution in [0.25, 0.3) is 17.3 Å². The largest absolute Gasteiger partial charge is 0.298 e. The van der Waals surface area contributed by atoms with Gasteiger partial charge in [0.15, 0.2) is 5.13 Å². The van der Waals surface area contributed by atoms with E-state index in [0.717, 1.165) is 16.8 Å². The van der Waals surface area contributed by atoms with Crippen LogP contribution in [0.2, 0.25) is 0 Å². The molecule has 0 spiro atoms. The number of anilines is 1. The summed E-state index contributed by atoms with van der Waals surface area (Å²) in [5.41, 5.74) is 6.66. The summed E-state index contributed by atoms with van der Waals surface area (Å²) in [5, 5.41) is 5.43. The van der Waals surface area contributed by atoms with Crippen LogP contribution in [0.5, 0.6) is 0 Å². The number of rotatable bonds is 5. The summed E-state index contributed by atoms with van der Waals surface area (Å²) in [6, 6.07) is 14.6. The normalized spacial score (nSPS) is 11.3. The second kappa shape index (κ2) is 8.31. The molecule has 1 heterocycles. The summed E-state index contributed by atoms with van der Waals surface area (Å²) >= 11 is 1.44. The Morgan fingerprint density at radius 2 is 1.85 bits per heavy atom. The van der Waals surface area contributed by atoms with Crippen molar-refractivity contribution in [3.05, 3.63) is 76.2 Å². The molecule has 3 rings (SSSR count). The Hall–Kier alpha value is -2.72. The summed E-state index contributed by atoms with van der Waals surface area (Å²) < 4.78 is 0. The van der Waals surface area contributed by atoms with E-state index in [4.69, 9.17) is 0 Å². The topological polar surface area (TPSA) is 42.0 Å². The van der Waals surface area contributed by atoms with E-state index in [9.17, 15) is 4.79 Å². The molecule has 3 nitrogen and oxygen atoms in total. The molecule has 0 aliphatic heterocycles.